The Labute approximate surface area is 209 Å². The summed E-state index contributed by atoms with van der Waals surface area (Å²) in [4.78, 5) is 27.5. The van der Waals surface area contributed by atoms with E-state index >= 15 is 0 Å². The van der Waals surface area contributed by atoms with Crippen molar-refractivity contribution >= 4 is 17.6 Å². The highest BCUT2D eigenvalue weighted by Crippen LogP contribution is 2.33. The number of nitrogens with one attached hydrogen (secondary N) is 1. The average molecular weight is 481 g/mol. The molecule has 3 rings (SSSR count). The van der Waals surface area contributed by atoms with Crippen LogP contribution < -0.4 is 15.0 Å². The summed E-state index contributed by atoms with van der Waals surface area (Å²) in [6, 6.07) is 11.7. The smallest absolute Gasteiger partial charge is 0.339 e. The molecule has 2 N–H and O–H groups in total. The SMILES string of the molecule is CCOc1c(C(=O)O)ccc(CC(=O)N[C@@H](CC(C)C)c2ccccc2N2CCCCC2)c1CC. The lowest BCUT2D eigenvalue weighted by Crippen LogP contribution is -2.34. The number of ether oxygens (including phenoxy) is 1. The monoisotopic (exact) mass is 480 g/mol. The Hall–Kier alpha value is -3.02. The van der Waals surface area contributed by atoms with Crippen molar-refractivity contribution in [3.63, 3.8) is 0 Å². The first-order valence-corrected chi connectivity index (χ1v) is 13.0. The number of aromatic carboxylic acids is 1. The highest BCUT2D eigenvalue weighted by atomic mass is 16.5. The fourth-order valence-electron chi connectivity index (χ4n) is 5.06. The maximum absolute atomic E-state index is 13.3. The molecule has 0 aromatic heterocycles. The lowest BCUT2D eigenvalue weighted by atomic mass is 9.93. The number of carboxylic acids is 1. The molecular weight excluding hydrogens is 440 g/mol. The van der Waals surface area contributed by atoms with Gasteiger partial charge in [0.15, 0.2) is 0 Å². The number of benzene rings is 2. The summed E-state index contributed by atoms with van der Waals surface area (Å²) in [5.74, 6) is -0.294. The van der Waals surface area contributed by atoms with E-state index in [9.17, 15) is 14.7 Å². The van der Waals surface area contributed by atoms with Crippen molar-refractivity contribution in [1.82, 2.24) is 5.32 Å². The number of amides is 1. The van der Waals surface area contributed by atoms with Crippen molar-refractivity contribution < 1.29 is 19.4 Å². The van der Waals surface area contributed by atoms with E-state index in [1.807, 2.05) is 13.8 Å². The Morgan fingerprint density at radius 1 is 1.06 bits per heavy atom. The topological polar surface area (TPSA) is 78.9 Å². The van der Waals surface area contributed by atoms with Gasteiger partial charge in [-0.05, 0) is 73.8 Å². The molecular formula is C29H40N2O4. The minimum absolute atomic E-state index is 0.0654. The first-order valence-electron chi connectivity index (χ1n) is 13.0. The molecule has 0 bridgehead atoms. The van der Waals surface area contributed by atoms with Gasteiger partial charge in [-0.3, -0.25) is 4.79 Å². The molecule has 0 saturated carbocycles. The predicted molar refractivity (Wildman–Crippen MR) is 140 cm³/mol. The van der Waals surface area contributed by atoms with Gasteiger partial charge in [0.05, 0.1) is 19.1 Å². The Balaban J connectivity index is 1.87. The second-order valence-corrected chi connectivity index (χ2v) is 9.70. The van der Waals surface area contributed by atoms with Crippen LogP contribution in [0.2, 0.25) is 0 Å². The average Bonchev–Trinajstić information content (AvgIpc) is 2.84. The minimum Gasteiger partial charge on any atom is -0.493 e. The van der Waals surface area contributed by atoms with Gasteiger partial charge in [0.25, 0.3) is 0 Å². The minimum atomic E-state index is -1.02. The van der Waals surface area contributed by atoms with Gasteiger partial charge in [-0.25, -0.2) is 4.79 Å². The quantitative estimate of drug-likeness (QED) is 0.426. The lowest BCUT2D eigenvalue weighted by molar-refractivity contribution is -0.121. The van der Waals surface area contributed by atoms with Gasteiger partial charge in [0, 0.05) is 18.8 Å². The standard InChI is InChI=1S/C29H40N2O4/c1-5-22-21(14-15-24(29(33)34)28(22)35-6-2)19-27(32)30-25(18-20(3)4)23-12-8-9-13-26(23)31-16-10-7-11-17-31/h8-9,12-15,20,25H,5-7,10-11,16-19H2,1-4H3,(H,30,32)(H,33,34)/t25-/m0/s1. The summed E-state index contributed by atoms with van der Waals surface area (Å²) in [7, 11) is 0. The Morgan fingerprint density at radius 2 is 1.77 bits per heavy atom. The molecule has 35 heavy (non-hydrogen) atoms. The molecule has 0 aliphatic carbocycles. The number of hydrogen-bond acceptors (Lipinski definition) is 4. The van der Waals surface area contributed by atoms with Crippen LogP contribution in [0.4, 0.5) is 5.69 Å². The first kappa shape index (κ1) is 26.6. The summed E-state index contributed by atoms with van der Waals surface area (Å²) in [6.45, 7) is 10.6. The van der Waals surface area contributed by atoms with E-state index in [1.165, 1.54) is 30.5 Å². The van der Waals surface area contributed by atoms with Gasteiger partial charge >= 0.3 is 5.97 Å². The molecule has 0 radical (unpaired) electrons. The highest BCUT2D eigenvalue weighted by molar-refractivity contribution is 5.92. The van der Waals surface area contributed by atoms with Crippen LogP contribution in [0.3, 0.4) is 0 Å². The molecule has 1 fully saturated rings. The van der Waals surface area contributed by atoms with Gasteiger partial charge < -0.3 is 20.1 Å². The summed E-state index contributed by atoms with van der Waals surface area (Å²) in [5, 5.41) is 12.9. The third-order valence-corrected chi connectivity index (χ3v) is 6.63. The molecule has 1 aliphatic rings. The summed E-state index contributed by atoms with van der Waals surface area (Å²) in [5.41, 5.74) is 4.13. The zero-order chi connectivity index (χ0) is 25.4. The molecule has 1 aliphatic heterocycles. The first-order chi connectivity index (χ1) is 16.8. The summed E-state index contributed by atoms with van der Waals surface area (Å²) in [6.07, 6.45) is 5.29. The van der Waals surface area contributed by atoms with Crippen LogP contribution in [0.5, 0.6) is 5.75 Å². The number of hydrogen-bond donors (Lipinski definition) is 2. The molecule has 190 valence electrons. The molecule has 1 amide bonds. The zero-order valence-electron chi connectivity index (χ0n) is 21.6. The second-order valence-electron chi connectivity index (χ2n) is 9.70. The second kappa shape index (κ2) is 12.6. The number of anilines is 1. The van der Waals surface area contributed by atoms with Crippen molar-refractivity contribution in [2.75, 3.05) is 24.6 Å². The van der Waals surface area contributed by atoms with Gasteiger partial charge in [0.1, 0.15) is 11.3 Å². The van der Waals surface area contributed by atoms with E-state index in [2.05, 4.69) is 48.3 Å². The Morgan fingerprint density at radius 3 is 2.40 bits per heavy atom. The van der Waals surface area contributed by atoms with E-state index in [4.69, 9.17) is 4.74 Å². The third-order valence-electron chi connectivity index (χ3n) is 6.63. The van der Waals surface area contributed by atoms with Crippen LogP contribution in [0.25, 0.3) is 0 Å². The summed E-state index contributed by atoms with van der Waals surface area (Å²) >= 11 is 0. The van der Waals surface area contributed by atoms with Crippen LogP contribution in [0, 0.1) is 5.92 Å². The van der Waals surface area contributed by atoms with Crippen molar-refractivity contribution in [2.45, 2.75) is 72.3 Å². The van der Waals surface area contributed by atoms with Gasteiger partial charge in [0.2, 0.25) is 5.91 Å². The molecule has 1 atom stereocenters. The number of para-hydroxylation sites is 1. The van der Waals surface area contributed by atoms with Gasteiger partial charge in [-0.1, -0.05) is 45.0 Å². The number of carboxylic acid groups (broad SMARTS) is 1. The number of rotatable bonds is 11. The fourth-order valence-corrected chi connectivity index (χ4v) is 5.06. The molecule has 6 heteroatoms. The number of nitrogens with zero attached hydrogens (tertiary/aromatic N) is 1. The van der Waals surface area contributed by atoms with Crippen LogP contribution in [-0.4, -0.2) is 36.7 Å². The van der Waals surface area contributed by atoms with E-state index in [0.717, 1.165) is 30.6 Å². The van der Waals surface area contributed by atoms with Crippen LogP contribution >= 0.6 is 0 Å². The third kappa shape index (κ3) is 6.77. The molecule has 0 unspecified atom stereocenters. The number of carbonyl (C=O) groups excluding carboxylic acids is 1. The van der Waals surface area contributed by atoms with E-state index in [1.54, 1.807) is 12.1 Å². The van der Waals surface area contributed by atoms with Crippen molar-refractivity contribution in [2.24, 2.45) is 5.92 Å². The Kier molecular flexibility index (Phi) is 9.58. The fraction of sp³-hybridized carbons (Fsp3) is 0.517. The number of piperidine rings is 1. The predicted octanol–water partition coefficient (Wildman–Crippen LogP) is 5.78. The normalized spacial score (nSPS) is 14.6. The van der Waals surface area contributed by atoms with E-state index in [0.29, 0.717) is 24.7 Å². The van der Waals surface area contributed by atoms with Crippen LogP contribution in [-0.2, 0) is 17.6 Å². The van der Waals surface area contributed by atoms with Crippen LogP contribution in [0.1, 0.15) is 86.5 Å². The zero-order valence-corrected chi connectivity index (χ0v) is 21.6. The molecule has 0 spiro atoms. The maximum Gasteiger partial charge on any atom is 0.339 e. The highest BCUT2D eigenvalue weighted by Gasteiger charge is 2.24. The molecule has 2 aromatic carbocycles. The maximum atomic E-state index is 13.3. The van der Waals surface area contributed by atoms with Crippen molar-refractivity contribution in [3.05, 3.63) is 58.7 Å². The molecule has 1 saturated heterocycles. The van der Waals surface area contributed by atoms with Gasteiger partial charge in [-0.2, -0.15) is 0 Å². The number of carbonyl (C=O) groups is 2. The molecule has 6 nitrogen and oxygen atoms in total. The Bertz CT molecular complexity index is 1010. The molecule has 1 heterocycles. The van der Waals surface area contributed by atoms with Gasteiger partial charge in [-0.15, -0.1) is 0 Å². The molecule has 2 aromatic rings. The van der Waals surface area contributed by atoms with E-state index < -0.39 is 5.97 Å². The summed E-state index contributed by atoms with van der Waals surface area (Å²) < 4.78 is 5.71. The van der Waals surface area contributed by atoms with E-state index in [-0.39, 0.29) is 23.9 Å². The largest absolute Gasteiger partial charge is 0.493 e. The van der Waals surface area contributed by atoms with Crippen molar-refractivity contribution in [3.8, 4) is 5.75 Å². The van der Waals surface area contributed by atoms with Crippen molar-refractivity contribution in [1.29, 1.82) is 0 Å². The van der Waals surface area contributed by atoms with Crippen LogP contribution in [0.15, 0.2) is 36.4 Å². The lowest BCUT2D eigenvalue weighted by Gasteiger charge is -2.33.